The van der Waals surface area contributed by atoms with E-state index in [1.54, 1.807) is 0 Å². The maximum absolute atomic E-state index is 3.81. The van der Waals surface area contributed by atoms with Crippen molar-refractivity contribution in [2.75, 3.05) is 26.7 Å². The van der Waals surface area contributed by atoms with Gasteiger partial charge in [-0.25, -0.2) is 0 Å². The van der Waals surface area contributed by atoms with Crippen molar-refractivity contribution in [1.29, 1.82) is 0 Å². The summed E-state index contributed by atoms with van der Waals surface area (Å²) in [4.78, 5) is 2.39. The number of allylic oxidation sites excluding steroid dienone is 3. The molecule has 0 bridgehead atoms. The van der Waals surface area contributed by atoms with Crippen molar-refractivity contribution in [3.8, 4) is 0 Å². The maximum Gasteiger partial charge on any atom is 0.0195 e. The van der Waals surface area contributed by atoms with E-state index in [-0.39, 0.29) is 0 Å². The highest BCUT2D eigenvalue weighted by atomic mass is 15.1. The second kappa shape index (κ2) is 7.42. The Labute approximate surface area is 99.7 Å². The summed E-state index contributed by atoms with van der Waals surface area (Å²) in [5, 5.41) is 3.52. The highest BCUT2D eigenvalue weighted by molar-refractivity contribution is 5.21. The van der Waals surface area contributed by atoms with Gasteiger partial charge >= 0.3 is 0 Å². The summed E-state index contributed by atoms with van der Waals surface area (Å²) in [6, 6.07) is 0.695. The molecule has 0 spiro atoms. The smallest absolute Gasteiger partial charge is 0.0195 e. The molecule has 0 aliphatic carbocycles. The molecule has 1 saturated heterocycles. The van der Waals surface area contributed by atoms with E-state index < -0.39 is 0 Å². The molecule has 0 radical (unpaired) electrons. The fourth-order valence-electron chi connectivity index (χ4n) is 2.10. The number of rotatable bonds is 7. The van der Waals surface area contributed by atoms with Gasteiger partial charge in [-0.1, -0.05) is 31.4 Å². The Hall–Kier alpha value is -0.860. The molecule has 1 atom stereocenters. The Balaban J connectivity index is 2.22. The first-order chi connectivity index (χ1) is 7.76. The average molecular weight is 220 g/mol. The highest BCUT2D eigenvalue weighted by Crippen LogP contribution is 2.08. The summed E-state index contributed by atoms with van der Waals surface area (Å²) >= 11 is 0. The fourth-order valence-corrected chi connectivity index (χ4v) is 2.10. The number of hydrogen-bond donors (Lipinski definition) is 1. The third kappa shape index (κ3) is 4.77. The van der Waals surface area contributed by atoms with Gasteiger partial charge < -0.3 is 10.2 Å². The van der Waals surface area contributed by atoms with Gasteiger partial charge in [-0.2, -0.15) is 0 Å². The van der Waals surface area contributed by atoms with Gasteiger partial charge in [0.05, 0.1) is 0 Å². The minimum absolute atomic E-state index is 0.695. The predicted molar refractivity (Wildman–Crippen MR) is 71.6 cm³/mol. The summed E-state index contributed by atoms with van der Waals surface area (Å²) in [6.07, 6.45) is 9.49. The van der Waals surface area contributed by atoms with Crippen molar-refractivity contribution < 1.29 is 0 Å². The van der Waals surface area contributed by atoms with Crippen LogP contribution in [0.25, 0.3) is 0 Å². The zero-order chi connectivity index (χ0) is 11.8. The van der Waals surface area contributed by atoms with E-state index in [2.05, 4.69) is 30.4 Å². The Bertz CT molecular complexity index is 249. The SMILES string of the molecule is C=C/C=C(\C=C)CCN(C)CC1CCCN1. The molecule has 16 heavy (non-hydrogen) atoms. The molecule has 0 aromatic carbocycles. The molecule has 1 fully saturated rings. The molecule has 0 saturated carbocycles. The van der Waals surface area contributed by atoms with Crippen LogP contribution >= 0.6 is 0 Å². The van der Waals surface area contributed by atoms with Crippen molar-refractivity contribution in [3.63, 3.8) is 0 Å². The number of nitrogens with zero attached hydrogens (tertiary/aromatic N) is 1. The standard InChI is InChI=1S/C14H24N2/c1-4-7-13(5-2)9-11-16(3)12-14-8-6-10-15-14/h4-5,7,14-15H,1-2,6,8-12H2,3H3/b13-7+. The third-order valence-electron chi connectivity index (χ3n) is 3.07. The molecule has 1 heterocycles. The molecule has 2 heteroatoms. The Morgan fingerprint density at radius 1 is 1.50 bits per heavy atom. The Morgan fingerprint density at radius 2 is 2.31 bits per heavy atom. The van der Waals surface area contributed by atoms with Gasteiger partial charge in [0.15, 0.2) is 0 Å². The van der Waals surface area contributed by atoms with Crippen LogP contribution in [0.5, 0.6) is 0 Å². The van der Waals surface area contributed by atoms with Crippen LogP contribution < -0.4 is 5.32 Å². The van der Waals surface area contributed by atoms with Crippen LogP contribution in [0.4, 0.5) is 0 Å². The van der Waals surface area contributed by atoms with Gasteiger partial charge in [-0.05, 0) is 38.4 Å². The van der Waals surface area contributed by atoms with Crippen LogP contribution in [-0.4, -0.2) is 37.6 Å². The van der Waals surface area contributed by atoms with Crippen LogP contribution in [0, 0.1) is 0 Å². The fraction of sp³-hybridized carbons (Fsp3) is 0.571. The van der Waals surface area contributed by atoms with E-state index in [9.17, 15) is 0 Å². The first-order valence-electron chi connectivity index (χ1n) is 6.12. The summed E-state index contributed by atoms with van der Waals surface area (Å²) in [5.41, 5.74) is 1.27. The van der Waals surface area contributed by atoms with Crippen molar-refractivity contribution in [2.24, 2.45) is 0 Å². The first-order valence-corrected chi connectivity index (χ1v) is 6.12. The van der Waals surface area contributed by atoms with E-state index in [0.29, 0.717) is 6.04 Å². The van der Waals surface area contributed by atoms with E-state index in [0.717, 1.165) is 19.5 Å². The average Bonchev–Trinajstić information content (AvgIpc) is 2.76. The summed E-state index contributed by atoms with van der Waals surface area (Å²) in [7, 11) is 2.19. The van der Waals surface area contributed by atoms with Crippen molar-refractivity contribution in [1.82, 2.24) is 10.2 Å². The number of nitrogens with one attached hydrogen (secondary N) is 1. The van der Waals surface area contributed by atoms with Gasteiger partial charge in [0.2, 0.25) is 0 Å². The molecule has 1 rings (SSSR count). The molecule has 1 aliphatic rings. The molecule has 1 aliphatic heterocycles. The van der Waals surface area contributed by atoms with Gasteiger partial charge in [-0.15, -0.1) is 0 Å². The highest BCUT2D eigenvalue weighted by Gasteiger charge is 2.15. The van der Waals surface area contributed by atoms with Crippen molar-refractivity contribution in [3.05, 3.63) is 37.0 Å². The van der Waals surface area contributed by atoms with Crippen LogP contribution in [0.1, 0.15) is 19.3 Å². The molecule has 1 N–H and O–H groups in total. The maximum atomic E-state index is 3.81. The lowest BCUT2D eigenvalue weighted by atomic mass is 10.1. The summed E-state index contributed by atoms with van der Waals surface area (Å²) in [6.45, 7) is 11.0. The third-order valence-corrected chi connectivity index (χ3v) is 3.07. The van der Waals surface area contributed by atoms with Crippen LogP contribution in [0.2, 0.25) is 0 Å². The molecule has 0 amide bonds. The van der Waals surface area contributed by atoms with Crippen LogP contribution in [-0.2, 0) is 0 Å². The second-order valence-electron chi connectivity index (χ2n) is 4.49. The van der Waals surface area contributed by atoms with E-state index in [1.807, 2.05) is 18.2 Å². The Morgan fingerprint density at radius 3 is 2.88 bits per heavy atom. The first kappa shape index (κ1) is 13.2. The van der Waals surface area contributed by atoms with Gasteiger partial charge in [0, 0.05) is 19.1 Å². The number of likely N-dealkylation sites (N-methyl/N-ethyl adjacent to an activating group) is 1. The molecular weight excluding hydrogens is 196 g/mol. The van der Waals surface area contributed by atoms with Gasteiger partial charge in [-0.3, -0.25) is 0 Å². The minimum atomic E-state index is 0.695. The number of hydrogen-bond acceptors (Lipinski definition) is 2. The molecule has 2 nitrogen and oxygen atoms in total. The van der Waals surface area contributed by atoms with E-state index in [1.165, 1.54) is 25.0 Å². The van der Waals surface area contributed by atoms with E-state index in [4.69, 9.17) is 0 Å². The van der Waals surface area contributed by atoms with Crippen molar-refractivity contribution >= 4 is 0 Å². The second-order valence-corrected chi connectivity index (χ2v) is 4.49. The topological polar surface area (TPSA) is 15.3 Å². The molecule has 90 valence electrons. The molecule has 0 aromatic heterocycles. The molecule has 1 unspecified atom stereocenters. The molecule has 0 aromatic rings. The van der Waals surface area contributed by atoms with E-state index >= 15 is 0 Å². The van der Waals surface area contributed by atoms with Crippen LogP contribution in [0.3, 0.4) is 0 Å². The largest absolute Gasteiger partial charge is 0.313 e. The van der Waals surface area contributed by atoms with Gasteiger partial charge in [0.1, 0.15) is 0 Å². The monoisotopic (exact) mass is 220 g/mol. The lowest BCUT2D eigenvalue weighted by molar-refractivity contribution is 0.304. The Kier molecular flexibility index (Phi) is 6.12. The molecular formula is C14H24N2. The quantitative estimate of drug-likeness (QED) is 0.663. The lowest BCUT2D eigenvalue weighted by Crippen LogP contribution is -2.35. The zero-order valence-corrected chi connectivity index (χ0v) is 10.4. The van der Waals surface area contributed by atoms with Crippen LogP contribution in [0.15, 0.2) is 37.0 Å². The minimum Gasteiger partial charge on any atom is -0.313 e. The lowest BCUT2D eigenvalue weighted by Gasteiger charge is -2.21. The summed E-state index contributed by atoms with van der Waals surface area (Å²) in [5.74, 6) is 0. The normalized spacial score (nSPS) is 21.4. The van der Waals surface area contributed by atoms with Crippen molar-refractivity contribution in [2.45, 2.75) is 25.3 Å². The van der Waals surface area contributed by atoms with Gasteiger partial charge in [0.25, 0.3) is 0 Å². The zero-order valence-electron chi connectivity index (χ0n) is 10.4. The predicted octanol–water partition coefficient (Wildman–Crippen LogP) is 2.36. The summed E-state index contributed by atoms with van der Waals surface area (Å²) < 4.78 is 0.